The van der Waals surface area contributed by atoms with Crippen molar-refractivity contribution in [3.8, 4) is 0 Å². The molecule has 5 nitrogen and oxygen atoms in total. The van der Waals surface area contributed by atoms with Gasteiger partial charge in [-0.3, -0.25) is 0 Å². The number of likely N-dealkylation sites (tertiary alicyclic amines) is 1. The predicted octanol–water partition coefficient (Wildman–Crippen LogP) is 0.375. The van der Waals surface area contributed by atoms with Gasteiger partial charge < -0.3 is 10.6 Å². The third-order valence-corrected chi connectivity index (χ3v) is 4.94. The van der Waals surface area contributed by atoms with Crippen LogP contribution in [0.3, 0.4) is 0 Å². The van der Waals surface area contributed by atoms with E-state index < -0.39 is 10.0 Å². The summed E-state index contributed by atoms with van der Waals surface area (Å²) in [4.78, 5) is 2.40. The maximum absolute atomic E-state index is 11.7. The number of nitrogens with zero attached hydrogens (tertiary/aromatic N) is 1. The molecule has 1 unspecified atom stereocenters. The van der Waals surface area contributed by atoms with Crippen molar-refractivity contribution in [2.75, 3.05) is 31.9 Å². The van der Waals surface area contributed by atoms with Gasteiger partial charge in [0, 0.05) is 19.1 Å². The zero-order chi connectivity index (χ0) is 13.6. The van der Waals surface area contributed by atoms with E-state index in [-0.39, 0.29) is 5.75 Å². The van der Waals surface area contributed by atoms with Crippen molar-refractivity contribution < 1.29 is 8.42 Å². The molecule has 0 amide bonds. The first-order valence-corrected chi connectivity index (χ1v) is 8.51. The van der Waals surface area contributed by atoms with Crippen LogP contribution in [0.2, 0.25) is 0 Å². The highest BCUT2D eigenvalue weighted by atomic mass is 32.2. The van der Waals surface area contributed by atoms with Crippen LogP contribution in [0.1, 0.15) is 33.1 Å². The zero-order valence-electron chi connectivity index (χ0n) is 11.6. The summed E-state index contributed by atoms with van der Waals surface area (Å²) in [6.07, 6.45) is 2.50. The van der Waals surface area contributed by atoms with Gasteiger partial charge >= 0.3 is 0 Å². The maximum atomic E-state index is 11.7. The fourth-order valence-electron chi connectivity index (χ4n) is 2.25. The van der Waals surface area contributed by atoms with E-state index in [1.54, 1.807) is 0 Å². The molecule has 0 aromatic rings. The second kappa shape index (κ2) is 7.43. The van der Waals surface area contributed by atoms with Crippen LogP contribution in [0, 0.1) is 5.92 Å². The van der Waals surface area contributed by atoms with Crippen LogP contribution < -0.4 is 10.5 Å². The van der Waals surface area contributed by atoms with Gasteiger partial charge in [-0.2, -0.15) is 0 Å². The monoisotopic (exact) mass is 277 g/mol. The maximum Gasteiger partial charge on any atom is 0.211 e. The van der Waals surface area contributed by atoms with Gasteiger partial charge in [-0.05, 0) is 52.1 Å². The molecular formula is C12H27N3O2S. The highest BCUT2D eigenvalue weighted by molar-refractivity contribution is 7.89. The molecule has 3 N–H and O–H groups in total. The average molecular weight is 277 g/mol. The van der Waals surface area contributed by atoms with E-state index in [0.717, 1.165) is 25.9 Å². The van der Waals surface area contributed by atoms with Crippen LogP contribution in [0.4, 0.5) is 0 Å². The minimum Gasteiger partial charge on any atom is -0.330 e. The zero-order valence-corrected chi connectivity index (χ0v) is 12.4. The first-order valence-electron chi connectivity index (χ1n) is 6.86. The largest absolute Gasteiger partial charge is 0.330 e. The first kappa shape index (κ1) is 15.9. The summed E-state index contributed by atoms with van der Waals surface area (Å²) in [5.74, 6) is 0.654. The van der Waals surface area contributed by atoms with Crippen LogP contribution in [-0.2, 0) is 10.0 Å². The van der Waals surface area contributed by atoms with E-state index in [4.69, 9.17) is 5.73 Å². The summed E-state index contributed by atoms with van der Waals surface area (Å²) in [6, 6.07) is 0.552. The summed E-state index contributed by atoms with van der Waals surface area (Å²) in [5.41, 5.74) is 5.35. The third-order valence-electron chi connectivity index (χ3n) is 3.51. The molecule has 1 fully saturated rings. The molecule has 1 saturated heterocycles. The topological polar surface area (TPSA) is 75.4 Å². The lowest BCUT2D eigenvalue weighted by Gasteiger charge is -2.20. The molecule has 0 radical (unpaired) electrons. The molecule has 0 aromatic carbocycles. The van der Waals surface area contributed by atoms with Crippen molar-refractivity contribution in [2.24, 2.45) is 11.7 Å². The van der Waals surface area contributed by atoms with Gasteiger partial charge in [0.2, 0.25) is 10.0 Å². The quantitative estimate of drug-likeness (QED) is 0.629. The molecule has 18 heavy (non-hydrogen) atoms. The highest BCUT2D eigenvalue weighted by Crippen LogP contribution is 2.17. The van der Waals surface area contributed by atoms with Crippen molar-refractivity contribution in [1.29, 1.82) is 0 Å². The smallest absolute Gasteiger partial charge is 0.211 e. The van der Waals surface area contributed by atoms with E-state index in [1.807, 2.05) is 0 Å². The Morgan fingerprint density at radius 3 is 2.67 bits per heavy atom. The van der Waals surface area contributed by atoms with Crippen molar-refractivity contribution in [3.63, 3.8) is 0 Å². The average Bonchev–Trinajstić information content (AvgIpc) is 2.75. The van der Waals surface area contributed by atoms with E-state index >= 15 is 0 Å². The summed E-state index contributed by atoms with van der Waals surface area (Å²) in [7, 11) is -3.10. The van der Waals surface area contributed by atoms with Crippen LogP contribution in [0.25, 0.3) is 0 Å². The van der Waals surface area contributed by atoms with Gasteiger partial charge in [0.25, 0.3) is 0 Å². The van der Waals surface area contributed by atoms with Gasteiger partial charge in [-0.1, -0.05) is 0 Å². The standard InChI is InChI=1S/C12H27N3O2S/c1-11(2)15-7-5-12(10-15)9-14-18(16,17)8-4-3-6-13/h11-12,14H,3-10,13H2,1-2H3. The fourth-order valence-corrected chi connectivity index (χ4v) is 3.47. The summed E-state index contributed by atoms with van der Waals surface area (Å²) in [6.45, 7) is 7.58. The van der Waals surface area contributed by atoms with Crippen molar-refractivity contribution in [1.82, 2.24) is 9.62 Å². The van der Waals surface area contributed by atoms with Crippen molar-refractivity contribution in [2.45, 2.75) is 39.2 Å². The molecule has 0 saturated carbocycles. The lowest BCUT2D eigenvalue weighted by Crippen LogP contribution is -2.34. The van der Waals surface area contributed by atoms with E-state index in [2.05, 4.69) is 23.5 Å². The fraction of sp³-hybridized carbons (Fsp3) is 1.00. The number of hydrogen-bond donors (Lipinski definition) is 2. The van der Waals surface area contributed by atoms with Crippen LogP contribution in [-0.4, -0.2) is 51.3 Å². The van der Waals surface area contributed by atoms with E-state index in [1.165, 1.54) is 0 Å². The lowest BCUT2D eigenvalue weighted by atomic mass is 10.1. The highest BCUT2D eigenvalue weighted by Gasteiger charge is 2.25. The van der Waals surface area contributed by atoms with Crippen LogP contribution in [0.5, 0.6) is 0 Å². The SMILES string of the molecule is CC(C)N1CCC(CNS(=O)(=O)CCCCN)C1. The number of nitrogens with two attached hydrogens (primary N) is 1. The van der Waals surface area contributed by atoms with Crippen molar-refractivity contribution >= 4 is 10.0 Å². The Kier molecular flexibility index (Phi) is 6.55. The Morgan fingerprint density at radius 1 is 1.39 bits per heavy atom. The molecule has 6 heteroatoms. The van der Waals surface area contributed by atoms with Crippen LogP contribution in [0.15, 0.2) is 0 Å². The molecule has 0 bridgehead atoms. The second-order valence-electron chi connectivity index (χ2n) is 5.41. The number of rotatable bonds is 8. The molecule has 0 aromatic heterocycles. The molecule has 1 aliphatic rings. The Hall–Kier alpha value is -0.170. The normalized spacial score (nSPS) is 21.9. The first-order chi connectivity index (χ1) is 8.44. The number of hydrogen-bond acceptors (Lipinski definition) is 4. The van der Waals surface area contributed by atoms with Gasteiger partial charge in [0.15, 0.2) is 0 Å². The predicted molar refractivity (Wildman–Crippen MR) is 74.9 cm³/mol. The van der Waals surface area contributed by atoms with Crippen LogP contribution >= 0.6 is 0 Å². The molecular weight excluding hydrogens is 250 g/mol. The van der Waals surface area contributed by atoms with Gasteiger partial charge in [0.1, 0.15) is 0 Å². The Morgan fingerprint density at radius 2 is 2.11 bits per heavy atom. The lowest BCUT2D eigenvalue weighted by molar-refractivity contribution is 0.265. The summed E-state index contributed by atoms with van der Waals surface area (Å²) < 4.78 is 26.1. The molecule has 108 valence electrons. The van der Waals surface area contributed by atoms with E-state index in [9.17, 15) is 8.42 Å². The van der Waals surface area contributed by atoms with Gasteiger partial charge in [0.05, 0.1) is 5.75 Å². The number of unbranched alkanes of at least 4 members (excludes halogenated alkanes) is 1. The molecule has 1 heterocycles. The minimum atomic E-state index is -3.10. The number of sulfonamides is 1. The van der Waals surface area contributed by atoms with E-state index in [0.29, 0.717) is 31.5 Å². The third kappa shape index (κ3) is 5.65. The Bertz CT molecular complexity index is 330. The molecule has 0 spiro atoms. The van der Waals surface area contributed by atoms with Gasteiger partial charge in [-0.25, -0.2) is 13.1 Å². The second-order valence-corrected chi connectivity index (χ2v) is 7.33. The molecule has 1 aliphatic heterocycles. The van der Waals surface area contributed by atoms with Crippen molar-refractivity contribution in [3.05, 3.63) is 0 Å². The molecule has 1 rings (SSSR count). The Labute approximate surface area is 111 Å². The summed E-state index contributed by atoms with van der Waals surface area (Å²) >= 11 is 0. The molecule has 1 atom stereocenters. The number of nitrogens with one attached hydrogen (secondary N) is 1. The van der Waals surface area contributed by atoms with Gasteiger partial charge in [-0.15, -0.1) is 0 Å². The minimum absolute atomic E-state index is 0.199. The summed E-state index contributed by atoms with van der Waals surface area (Å²) in [5, 5.41) is 0. The molecule has 0 aliphatic carbocycles. The Balaban J connectivity index is 2.24.